The van der Waals surface area contributed by atoms with Crippen molar-refractivity contribution in [2.45, 2.75) is 6.36 Å². The van der Waals surface area contributed by atoms with E-state index in [1.807, 2.05) is 0 Å². The number of aromatic nitrogens is 2. The summed E-state index contributed by atoms with van der Waals surface area (Å²) < 4.78 is 41.1. The van der Waals surface area contributed by atoms with Gasteiger partial charge in [-0.1, -0.05) is 12.1 Å². The molecule has 94 valence electrons. The van der Waals surface area contributed by atoms with Gasteiger partial charge in [-0.3, -0.25) is 4.98 Å². The molecule has 0 saturated carbocycles. The molecule has 18 heavy (non-hydrogen) atoms. The molecule has 0 bridgehead atoms. The van der Waals surface area contributed by atoms with Crippen LogP contribution in [-0.4, -0.2) is 16.3 Å². The fourth-order valence-corrected chi connectivity index (χ4v) is 1.55. The summed E-state index contributed by atoms with van der Waals surface area (Å²) >= 11 is 3.10. The molecule has 1 aromatic heterocycles. The zero-order valence-corrected chi connectivity index (χ0v) is 10.4. The molecule has 0 spiro atoms. The van der Waals surface area contributed by atoms with E-state index in [1.165, 1.54) is 30.6 Å². The number of alkyl halides is 3. The Hall–Kier alpha value is -1.63. The second kappa shape index (κ2) is 4.93. The van der Waals surface area contributed by atoms with Crippen LogP contribution in [0, 0.1) is 0 Å². The summed E-state index contributed by atoms with van der Waals surface area (Å²) in [5.41, 5.74) is 0.535. The van der Waals surface area contributed by atoms with E-state index >= 15 is 0 Å². The minimum atomic E-state index is -4.74. The number of para-hydroxylation sites is 1. The Labute approximate surface area is 109 Å². The van der Waals surface area contributed by atoms with Gasteiger partial charge in [0, 0.05) is 5.56 Å². The van der Waals surface area contributed by atoms with Gasteiger partial charge < -0.3 is 4.74 Å². The first-order valence-electron chi connectivity index (χ1n) is 4.78. The number of nitrogens with zero attached hydrogens (tertiary/aromatic N) is 2. The van der Waals surface area contributed by atoms with Crippen molar-refractivity contribution in [2.75, 3.05) is 0 Å². The highest BCUT2D eigenvalue weighted by atomic mass is 79.9. The van der Waals surface area contributed by atoms with Gasteiger partial charge in [-0.05, 0) is 28.1 Å². The van der Waals surface area contributed by atoms with Crippen molar-refractivity contribution in [3.05, 3.63) is 41.3 Å². The van der Waals surface area contributed by atoms with Crippen molar-refractivity contribution >= 4 is 15.9 Å². The highest BCUT2D eigenvalue weighted by molar-refractivity contribution is 9.10. The normalized spacial score (nSPS) is 11.3. The molecule has 0 radical (unpaired) electrons. The fourth-order valence-electron chi connectivity index (χ4n) is 1.34. The van der Waals surface area contributed by atoms with Crippen LogP contribution in [0.15, 0.2) is 41.3 Å². The van der Waals surface area contributed by atoms with E-state index in [0.717, 1.165) is 0 Å². The van der Waals surface area contributed by atoms with Crippen molar-refractivity contribution < 1.29 is 17.9 Å². The highest BCUT2D eigenvalue weighted by Gasteiger charge is 2.32. The SMILES string of the molecule is FC(F)(F)Oc1ccccc1-c1cnc(Br)cn1. The number of halogens is 4. The van der Waals surface area contributed by atoms with Crippen LogP contribution in [0.2, 0.25) is 0 Å². The van der Waals surface area contributed by atoms with Crippen LogP contribution in [0.5, 0.6) is 5.75 Å². The van der Waals surface area contributed by atoms with Crippen LogP contribution < -0.4 is 4.74 Å². The largest absolute Gasteiger partial charge is 0.573 e. The number of benzene rings is 1. The van der Waals surface area contributed by atoms with Crippen LogP contribution in [0.25, 0.3) is 11.3 Å². The first-order chi connectivity index (χ1) is 8.46. The summed E-state index contributed by atoms with van der Waals surface area (Å²) in [6, 6.07) is 5.77. The Balaban J connectivity index is 2.41. The lowest BCUT2D eigenvalue weighted by atomic mass is 10.1. The molecule has 1 heterocycles. The van der Waals surface area contributed by atoms with Gasteiger partial charge in [-0.2, -0.15) is 0 Å². The monoisotopic (exact) mass is 318 g/mol. The summed E-state index contributed by atoms with van der Waals surface area (Å²) in [5.74, 6) is -0.304. The third-order valence-corrected chi connectivity index (χ3v) is 2.42. The number of ether oxygens (including phenoxy) is 1. The summed E-state index contributed by atoms with van der Waals surface area (Å²) in [6.45, 7) is 0. The Kier molecular flexibility index (Phi) is 3.51. The van der Waals surface area contributed by atoms with Crippen molar-refractivity contribution in [1.29, 1.82) is 0 Å². The summed E-state index contributed by atoms with van der Waals surface area (Å²) in [4.78, 5) is 7.89. The van der Waals surface area contributed by atoms with Crippen LogP contribution in [0.4, 0.5) is 13.2 Å². The molecule has 0 N–H and O–H groups in total. The van der Waals surface area contributed by atoms with Gasteiger partial charge in [-0.15, -0.1) is 13.2 Å². The Morgan fingerprint density at radius 2 is 1.78 bits per heavy atom. The molecule has 0 unspecified atom stereocenters. The quantitative estimate of drug-likeness (QED) is 0.844. The third-order valence-electron chi connectivity index (χ3n) is 2.01. The van der Waals surface area contributed by atoms with Gasteiger partial charge in [0.25, 0.3) is 0 Å². The lowest BCUT2D eigenvalue weighted by Crippen LogP contribution is -2.17. The minimum Gasteiger partial charge on any atom is -0.405 e. The molecule has 0 aliphatic heterocycles. The van der Waals surface area contributed by atoms with E-state index < -0.39 is 6.36 Å². The summed E-state index contributed by atoms with van der Waals surface area (Å²) in [7, 11) is 0. The Bertz CT molecular complexity index is 543. The third kappa shape index (κ3) is 3.19. The summed E-state index contributed by atoms with van der Waals surface area (Å²) in [5, 5.41) is 0. The predicted molar refractivity (Wildman–Crippen MR) is 61.9 cm³/mol. The zero-order chi connectivity index (χ0) is 13.2. The van der Waals surface area contributed by atoms with Gasteiger partial charge in [0.05, 0.1) is 18.1 Å². The predicted octanol–water partition coefficient (Wildman–Crippen LogP) is 3.80. The zero-order valence-electron chi connectivity index (χ0n) is 8.78. The molecule has 0 fully saturated rings. The first kappa shape index (κ1) is 12.8. The first-order valence-corrected chi connectivity index (χ1v) is 5.58. The molecule has 3 nitrogen and oxygen atoms in total. The van der Waals surface area contributed by atoms with E-state index in [9.17, 15) is 13.2 Å². The van der Waals surface area contributed by atoms with E-state index in [-0.39, 0.29) is 11.3 Å². The van der Waals surface area contributed by atoms with Gasteiger partial charge >= 0.3 is 6.36 Å². The van der Waals surface area contributed by atoms with Gasteiger partial charge in [0.2, 0.25) is 0 Å². The standard InChI is InChI=1S/C11H6BrF3N2O/c12-10-6-16-8(5-17-10)7-3-1-2-4-9(7)18-11(13,14)15/h1-6H. The van der Waals surface area contributed by atoms with Crippen LogP contribution in [-0.2, 0) is 0 Å². The van der Waals surface area contributed by atoms with E-state index in [1.54, 1.807) is 6.07 Å². The maximum atomic E-state index is 12.2. The van der Waals surface area contributed by atoms with Crippen LogP contribution in [0.1, 0.15) is 0 Å². The number of rotatable bonds is 2. The van der Waals surface area contributed by atoms with Crippen molar-refractivity contribution in [3.63, 3.8) is 0 Å². The average molecular weight is 319 g/mol. The fraction of sp³-hybridized carbons (Fsp3) is 0.0909. The van der Waals surface area contributed by atoms with Gasteiger partial charge in [-0.25, -0.2) is 4.98 Å². The van der Waals surface area contributed by atoms with E-state index in [4.69, 9.17) is 0 Å². The van der Waals surface area contributed by atoms with Crippen LogP contribution in [0.3, 0.4) is 0 Å². The van der Waals surface area contributed by atoms with Gasteiger partial charge in [0.15, 0.2) is 0 Å². The molecule has 2 aromatic rings. The van der Waals surface area contributed by atoms with Crippen molar-refractivity contribution in [1.82, 2.24) is 9.97 Å². The maximum Gasteiger partial charge on any atom is 0.573 e. The highest BCUT2D eigenvalue weighted by Crippen LogP contribution is 2.32. The second-order valence-electron chi connectivity index (χ2n) is 3.27. The van der Waals surface area contributed by atoms with E-state index in [0.29, 0.717) is 10.3 Å². The maximum absolute atomic E-state index is 12.2. The Morgan fingerprint density at radius 1 is 1.06 bits per heavy atom. The lowest BCUT2D eigenvalue weighted by Gasteiger charge is -2.12. The second-order valence-corrected chi connectivity index (χ2v) is 4.08. The van der Waals surface area contributed by atoms with Crippen molar-refractivity contribution in [3.8, 4) is 17.0 Å². The molecule has 1 aromatic carbocycles. The van der Waals surface area contributed by atoms with E-state index in [2.05, 4.69) is 30.6 Å². The number of hydrogen-bond donors (Lipinski definition) is 0. The summed E-state index contributed by atoms with van der Waals surface area (Å²) in [6.07, 6.45) is -1.97. The minimum absolute atomic E-state index is 0.231. The molecule has 0 aliphatic carbocycles. The smallest absolute Gasteiger partial charge is 0.405 e. The molecule has 0 aliphatic rings. The molecule has 7 heteroatoms. The topological polar surface area (TPSA) is 35.0 Å². The molecular weight excluding hydrogens is 313 g/mol. The van der Waals surface area contributed by atoms with Crippen LogP contribution >= 0.6 is 15.9 Å². The van der Waals surface area contributed by atoms with Crippen molar-refractivity contribution in [2.24, 2.45) is 0 Å². The molecule has 2 rings (SSSR count). The lowest BCUT2D eigenvalue weighted by molar-refractivity contribution is -0.274. The Morgan fingerprint density at radius 3 is 2.39 bits per heavy atom. The molecule has 0 amide bonds. The molecular formula is C11H6BrF3N2O. The average Bonchev–Trinajstić information content (AvgIpc) is 2.29. The number of hydrogen-bond acceptors (Lipinski definition) is 3. The molecule has 0 saturated heterocycles. The van der Waals surface area contributed by atoms with Gasteiger partial charge in [0.1, 0.15) is 10.4 Å². The molecule has 0 atom stereocenters.